The number of amides is 2. The zero-order valence-corrected chi connectivity index (χ0v) is 28.6. The molecule has 1 saturated heterocycles. The van der Waals surface area contributed by atoms with Crippen molar-refractivity contribution < 1.29 is 41.8 Å². The van der Waals surface area contributed by atoms with Crippen molar-refractivity contribution in [1.29, 1.82) is 0 Å². The number of hydrogen-bond acceptors (Lipinski definition) is 8. The average molecular weight is 677 g/mol. The number of Topliss-reactive ketones (excluding diaryl/α,β-unsaturated/α-hetero) is 1. The predicted octanol–water partition coefficient (Wildman–Crippen LogP) is 6.57. The van der Waals surface area contributed by atoms with E-state index in [1.54, 1.807) is 39.0 Å². The van der Waals surface area contributed by atoms with Crippen LogP contribution in [0.3, 0.4) is 0 Å². The summed E-state index contributed by atoms with van der Waals surface area (Å²) in [5, 5.41) is 2.68. The van der Waals surface area contributed by atoms with Gasteiger partial charge in [-0.1, -0.05) is 40.0 Å². The zero-order chi connectivity index (χ0) is 35.0. The molecule has 1 aromatic carbocycles. The molecule has 48 heavy (non-hydrogen) atoms. The van der Waals surface area contributed by atoms with Gasteiger partial charge in [0.2, 0.25) is 11.8 Å². The minimum Gasteiger partial charge on any atom is -0.497 e. The van der Waals surface area contributed by atoms with Crippen molar-refractivity contribution in [1.82, 2.24) is 20.2 Å². The van der Waals surface area contributed by atoms with E-state index in [9.17, 15) is 27.6 Å². The fourth-order valence-corrected chi connectivity index (χ4v) is 7.60. The van der Waals surface area contributed by atoms with Crippen molar-refractivity contribution in [3.8, 4) is 11.6 Å². The summed E-state index contributed by atoms with van der Waals surface area (Å²) < 4.78 is 62.2. The van der Waals surface area contributed by atoms with Crippen LogP contribution < -0.4 is 14.8 Å². The van der Waals surface area contributed by atoms with Gasteiger partial charge in [-0.3, -0.25) is 9.59 Å². The molecule has 1 saturated carbocycles. The van der Waals surface area contributed by atoms with Gasteiger partial charge in [0.25, 0.3) is 0 Å². The molecule has 10 nitrogen and oxygen atoms in total. The van der Waals surface area contributed by atoms with Gasteiger partial charge in [-0.15, -0.1) is 0 Å². The smallest absolute Gasteiger partial charge is 0.408 e. The number of methoxy groups -OCH3 is 1. The molecule has 0 radical (unpaired) electrons. The number of fused-ring (bicyclic) bond motifs is 5. The Hall–Kier alpha value is -3.64. The molecule has 6 atom stereocenters. The Morgan fingerprint density at radius 3 is 2.42 bits per heavy atom. The number of carbonyl (C=O) groups is 3. The van der Waals surface area contributed by atoms with E-state index >= 15 is 0 Å². The van der Waals surface area contributed by atoms with Crippen LogP contribution >= 0.6 is 0 Å². The highest BCUT2D eigenvalue weighted by Crippen LogP contribution is 2.44. The lowest BCUT2D eigenvalue weighted by atomic mass is 9.85. The molecular weight excluding hydrogens is 629 g/mol. The van der Waals surface area contributed by atoms with Gasteiger partial charge < -0.3 is 24.4 Å². The van der Waals surface area contributed by atoms with E-state index < -0.39 is 65.6 Å². The fourth-order valence-electron chi connectivity index (χ4n) is 7.60. The summed E-state index contributed by atoms with van der Waals surface area (Å²) in [6.45, 7) is 7.50. The van der Waals surface area contributed by atoms with E-state index in [1.165, 1.54) is 7.11 Å². The fraction of sp³-hybridized carbons (Fsp3) is 0.686. The number of alkyl carbamates (subject to hydrolysis) is 1. The third kappa shape index (κ3) is 7.49. The maximum atomic E-state index is 14.9. The standard InChI is InChI=1S/C35H47F3N4O6/c1-20(43)28-27(35(36,37)38)26-19-42(28)31(44)29(33(2,3)4)41-32(45)48-34(5)17-11-13-21(34)12-9-7-8-10-14-24-30(47-26)40-25-18-22(46-6)15-16-23(25)39-24/h15-16,18,21,26-29H,7-14,17,19H2,1-6H3,(H,41,45)/t21-,26+,27-,28-,29-,34-/m1/s1. The molecule has 3 heterocycles. The van der Waals surface area contributed by atoms with Gasteiger partial charge >= 0.3 is 12.3 Å². The van der Waals surface area contributed by atoms with Gasteiger partial charge in [-0.2, -0.15) is 13.2 Å². The van der Waals surface area contributed by atoms with Gasteiger partial charge in [-0.05, 0) is 75.8 Å². The van der Waals surface area contributed by atoms with E-state index in [0.29, 0.717) is 41.7 Å². The second-order valence-electron chi connectivity index (χ2n) is 14.8. The topological polar surface area (TPSA) is 120 Å². The number of ether oxygens (including phenoxy) is 3. The van der Waals surface area contributed by atoms with Crippen molar-refractivity contribution in [3.63, 3.8) is 0 Å². The monoisotopic (exact) mass is 676 g/mol. The van der Waals surface area contributed by atoms with Crippen LogP contribution in [0.5, 0.6) is 11.6 Å². The molecule has 2 amide bonds. The molecule has 0 spiro atoms. The maximum Gasteiger partial charge on any atom is 0.408 e. The minimum absolute atomic E-state index is 0.0692. The van der Waals surface area contributed by atoms with E-state index in [0.717, 1.165) is 50.3 Å². The van der Waals surface area contributed by atoms with Crippen molar-refractivity contribution in [2.45, 2.75) is 122 Å². The molecule has 264 valence electrons. The van der Waals surface area contributed by atoms with E-state index in [1.807, 2.05) is 6.92 Å². The predicted molar refractivity (Wildman–Crippen MR) is 172 cm³/mol. The van der Waals surface area contributed by atoms with Gasteiger partial charge in [0.05, 0.1) is 24.7 Å². The quantitative estimate of drug-likeness (QED) is 0.380. The van der Waals surface area contributed by atoms with Gasteiger partial charge in [0.1, 0.15) is 41.2 Å². The van der Waals surface area contributed by atoms with Crippen LogP contribution in [0.1, 0.15) is 91.7 Å². The number of ketones is 1. The first-order valence-electron chi connectivity index (χ1n) is 16.9. The number of aryl methyl sites for hydroxylation is 1. The van der Waals surface area contributed by atoms with Crippen molar-refractivity contribution in [3.05, 3.63) is 23.9 Å². The number of halogens is 3. The number of nitrogens with one attached hydrogen (secondary N) is 1. The SMILES string of the molecule is COc1ccc2nc3c(nc2c1)O[C@H]1CN(C(=O)[C@H](C(C)(C)C)NC(=O)O[C@]2(C)CCC[C@H]2CCCCCC3)[C@H](C(C)=O)[C@@H]1C(F)(F)F. The number of benzene rings is 1. The Balaban J connectivity index is 1.59. The van der Waals surface area contributed by atoms with Gasteiger partial charge in [0, 0.05) is 6.07 Å². The summed E-state index contributed by atoms with van der Waals surface area (Å²) in [5.41, 5.74) is -0.342. The van der Waals surface area contributed by atoms with E-state index in [4.69, 9.17) is 19.2 Å². The first kappa shape index (κ1) is 35.7. The van der Waals surface area contributed by atoms with Crippen LogP contribution in [0.25, 0.3) is 11.0 Å². The molecule has 0 unspecified atom stereocenters. The second-order valence-corrected chi connectivity index (χ2v) is 14.8. The number of hydrogen-bond donors (Lipinski definition) is 1. The third-order valence-electron chi connectivity index (χ3n) is 10.2. The maximum absolute atomic E-state index is 14.9. The highest BCUT2D eigenvalue weighted by molar-refractivity contribution is 5.93. The Morgan fingerprint density at radius 2 is 1.75 bits per heavy atom. The largest absolute Gasteiger partial charge is 0.497 e. The minimum atomic E-state index is -4.91. The van der Waals surface area contributed by atoms with Gasteiger partial charge in [-0.25, -0.2) is 14.8 Å². The van der Waals surface area contributed by atoms with Crippen LogP contribution in [0.2, 0.25) is 0 Å². The van der Waals surface area contributed by atoms with E-state index in [-0.39, 0.29) is 11.8 Å². The Kier molecular flexibility index (Phi) is 10.2. The average Bonchev–Trinajstić information content (AvgIpc) is 3.56. The summed E-state index contributed by atoms with van der Waals surface area (Å²) in [5.74, 6) is -3.43. The number of alkyl halides is 3. The van der Waals surface area contributed by atoms with Crippen molar-refractivity contribution in [2.75, 3.05) is 13.7 Å². The number of aromatic nitrogens is 2. The van der Waals surface area contributed by atoms with Crippen LogP contribution in [-0.2, 0) is 20.7 Å². The zero-order valence-electron chi connectivity index (χ0n) is 28.6. The number of carbonyl (C=O) groups excluding carboxylic acids is 3. The summed E-state index contributed by atoms with van der Waals surface area (Å²) in [6.07, 6.45) is -0.176. The summed E-state index contributed by atoms with van der Waals surface area (Å²) in [6, 6.07) is 1.94. The third-order valence-corrected chi connectivity index (χ3v) is 10.2. The molecule has 2 aliphatic heterocycles. The molecule has 2 aromatic rings. The summed E-state index contributed by atoms with van der Waals surface area (Å²) in [7, 11) is 1.49. The Bertz CT molecular complexity index is 1530. The molecular formula is C35H47F3N4O6. The molecule has 2 fully saturated rings. The molecule has 2 bridgehead atoms. The lowest BCUT2D eigenvalue weighted by molar-refractivity contribution is -0.197. The van der Waals surface area contributed by atoms with Crippen LogP contribution in [0.4, 0.5) is 18.0 Å². The molecule has 1 aliphatic carbocycles. The number of nitrogens with zero attached hydrogens (tertiary/aromatic N) is 3. The molecule has 5 rings (SSSR count). The van der Waals surface area contributed by atoms with Crippen molar-refractivity contribution >= 4 is 28.8 Å². The van der Waals surface area contributed by atoms with Crippen LogP contribution in [0, 0.1) is 17.3 Å². The second kappa shape index (κ2) is 13.7. The van der Waals surface area contributed by atoms with Crippen LogP contribution in [0.15, 0.2) is 18.2 Å². The lowest BCUT2D eigenvalue weighted by Gasteiger charge is -2.37. The van der Waals surface area contributed by atoms with Crippen LogP contribution in [-0.4, -0.2) is 76.3 Å². The first-order valence-corrected chi connectivity index (χ1v) is 16.9. The molecule has 1 N–H and O–H groups in total. The summed E-state index contributed by atoms with van der Waals surface area (Å²) in [4.78, 5) is 50.9. The highest BCUT2D eigenvalue weighted by atomic mass is 19.4. The molecule has 13 heteroatoms. The number of rotatable bonds is 2. The molecule has 3 aliphatic rings. The Morgan fingerprint density at radius 1 is 1.04 bits per heavy atom. The first-order chi connectivity index (χ1) is 22.5. The summed E-state index contributed by atoms with van der Waals surface area (Å²) >= 11 is 0. The normalized spacial score (nSPS) is 29.4. The van der Waals surface area contributed by atoms with E-state index in [2.05, 4.69) is 10.3 Å². The van der Waals surface area contributed by atoms with Crippen molar-refractivity contribution in [2.24, 2.45) is 17.3 Å². The molecule has 1 aromatic heterocycles. The van der Waals surface area contributed by atoms with Gasteiger partial charge in [0.15, 0.2) is 5.78 Å². The lowest BCUT2D eigenvalue weighted by Crippen LogP contribution is -2.58. The highest BCUT2D eigenvalue weighted by Gasteiger charge is 2.61. The Labute approximate surface area is 279 Å².